The molecule has 25 heavy (non-hydrogen) atoms. The number of aryl methyl sites for hydroxylation is 1. The van der Waals surface area contributed by atoms with Crippen LogP contribution in [0.15, 0.2) is 35.4 Å². The number of fused-ring (bicyclic) bond motifs is 1. The van der Waals surface area contributed by atoms with Crippen molar-refractivity contribution >= 4 is 33.4 Å². The second-order valence-electron chi connectivity index (χ2n) is 5.47. The van der Waals surface area contributed by atoms with E-state index in [0.717, 1.165) is 16.9 Å². The first-order chi connectivity index (χ1) is 11.9. The molecule has 3 rings (SSSR count). The predicted octanol–water partition coefficient (Wildman–Crippen LogP) is 1.70. The van der Waals surface area contributed by atoms with Crippen molar-refractivity contribution < 1.29 is 14.3 Å². The molecule has 0 saturated carbocycles. The number of methoxy groups -OCH3 is 1. The number of benzene rings is 1. The van der Waals surface area contributed by atoms with Gasteiger partial charge in [0.05, 0.1) is 35.8 Å². The first-order valence-electron chi connectivity index (χ1n) is 7.38. The molecule has 0 fully saturated rings. The van der Waals surface area contributed by atoms with Crippen molar-refractivity contribution in [2.45, 2.75) is 13.5 Å². The summed E-state index contributed by atoms with van der Waals surface area (Å²) in [5.74, 6) is -0.982. The van der Waals surface area contributed by atoms with E-state index >= 15 is 0 Å². The largest absolute Gasteiger partial charge is 0.465 e. The van der Waals surface area contributed by atoms with Crippen LogP contribution in [0, 0.1) is 6.92 Å². The molecule has 2 aromatic heterocycles. The van der Waals surface area contributed by atoms with E-state index < -0.39 is 11.9 Å². The molecule has 0 aliphatic heterocycles. The zero-order valence-electron chi connectivity index (χ0n) is 13.6. The lowest BCUT2D eigenvalue weighted by atomic mass is 10.1. The highest BCUT2D eigenvalue weighted by Crippen LogP contribution is 2.26. The lowest BCUT2D eigenvalue weighted by Gasteiger charge is -2.06. The number of nitrogens with zero attached hydrogens (tertiary/aromatic N) is 2. The number of nitrogens with two attached hydrogens (primary N) is 1. The smallest absolute Gasteiger partial charge is 0.337 e. The van der Waals surface area contributed by atoms with Gasteiger partial charge in [0.15, 0.2) is 0 Å². The SMILES string of the molecule is COC(=O)c1ccc(Cn2cnc3sc(C(N)=O)c(C)c3c2=O)cc1. The van der Waals surface area contributed by atoms with E-state index in [9.17, 15) is 14.4 Å². The lowest BCUT2D eigenvalue weighted by molar-refractivity contribution is 0.0600. The number of hydrogen-bond acceptors (Lipinski definition) is 6. The summed E-state index contributed by atoms with van der Waals surface area (Å²) in [5, 5.41) is 0.410. The van der Waals surface area contributed by atoms with Crippen LogP contribution in [0.25, 0.3) is 10.2 Å². The summed E-state index contributed by atoms with van der Waals surface area (Å²) in [4.78, 5) is 40.7. The Labute approximate surface area is 146 Å². The minimum Gasteiger partial charge on any atom is -0.465 e. The van der Waals surface area contributed by atoms with Crippen LogP contribution in [0.3, 0.4) is 0 Å². The van der Waals surface area contributed by atoms with E-state index in [1.54, 1.807) is 31.2 Å². The lowest BCUT2D eigenvalue weighted by Crippen LogP contribution is -2.21. The number of thiophene rings is 1. The minimum atomic E-state index is -0.565. The monoisotopic (exact) mass is 357 g/mol. The van der Waals surface area contributed by atoms with Crippen LogP contribution in [-0.4, -0.2) is 28.5 Å². The molecule has 2 heterocycles. The average molecular weight is 357 g/mol. The number of esters is 1. The Morgan fingerprint density at radius 1 is 1.28 bits per heavy atom. The van der Waals surface area contributed by atoms with Gasteiger partial charge in [-0.3, -0.25) is 14.2 Å². The maximum absolute atomic E-state index is 12.7. The van der Waals surface area contributed by atoms with Gasteiger partial charge in [-0.05, 0) is 30.2 Å². The third-order valence-corrected chi connectivity index (χ3v) is 5.08. The molecule has 0 bridgehead atoms. The van der Waals surface area contributed by atoms with E-state index in [1.165, 1.54) is 18.0 Å². The summed E-state index contributed by atoms with van der Waals surface area (Å²) in [6.07, 6.45) is 1.44. The highest BCUT2D eigenvalue weighted by atomic mass is 32.1. The van der Waals surface area contributed by atoms with Crippen molar-refractivity contribution in [3.05, 3.63) is 62.5 Å². The summed E-state index contributed by atoms with van der Waals surface area (Å²) in [6, 6.07) is 6.77. The molecule has 0 aliphatic rings. The Hall–Kier alpha value is -3.00. The second kappa shape index (κ2) is 6.48. The molecule has 128 valence electrons. The molecule has 0 unspecified atom stereocenters. The third kappa shape index (κ3) is 3.03. The third-order valence-electron chi connectivity index (χ3n) is 3.87. The standard InChI is InChI=1S/C17H15N3O4S/c1-9-12-15(25-13(9)14(18)21)19-8-20(16(12)22)7-10-3-5-11(6-4-10)17(23)24-2/h3-6,8H,7H2,1-2H3,(H2,18,21). The van der Waals surface area contributed by atoms with Gasteiger partial charge in [-0.2, -0.15) is 0 Å². The second-order valence-corrected chi connectivity index (χ2v) is 6.47. The number of carbonyl (C=O) groups excluding carboxylic acids is 2. The Bertz CT molecular complexity index is 1030. The molecule has 0 saturated heterocycles. The van der Waals surface area contributed by atoms with Crippen LogP contribution in [0.4, 0.5) is 0 Å². The molecule has 2 N–H and O–H groups in total. The van der Waals surface area contributed by atoms with Crippen LogP contribution in [0.5, 0.6) is 0 Å². The molecule has 8 heteroatoms. The fourth-order valence-electron chi connectivity index (χ4n) is 2.57. The number of carbonyl (C=O) groups is 2. The maximum atomic E-state index is 12.7. The quantitative estimate of drug-likeness (QED) is 0.716. The van der Waals surface area contributed by atoms with Gasteiger partial charge in [0.1, 0.15) is 4.83 Å². The zero-order chi connectivity index (χ0) is 18.1. The van der Waals surface area contributed by atoms with Crippen molar-refractivity contribution in [1.82, 2.24) is 9.55 Å². The number of amides is 1. The fourth-order valence-corrected chi connectivity index (χ4v) is 3.56. The fraction of sp³-hybridized carbons (Fsp3) is 0.176. The Balaban J connectivity index is 1.98. The van der Waals surface area contributed by atoms with Gasteiger partial charge in [0.25, 0.3) is 11.5 Å². The Kier molecular flexibility index (Phi) is 4.37. The number of primary amides is 1. The summed E-state index contributed by atoms with van der Waals surface area (Å²) in [6.45, 7) is 1.99. The van der Waals surface area contributed by atoms with Crippen molar-refractivity contribution in [2.75, 3.05) is 7.11 Å². The van der Waals surface area contributed by atoms with Crippen molar-refractivity contribution in [3.63, 3.8) is 0 Å². The number of rotatable bonds is 4. The Morgan fingerprint density at radius 3 is 2.56 bits per heavy atom. The van der Waals surface area contributed by atoms with Gasteiger partial charge in [0.2, 0.25) is 0 Å². The molecule has 1 aromatic carbocycles. The van der Waals surface area contributed by atoms with E-state index in [0.29, 0.717) is 32.8 Å². The van der Waals surface area contributed by atoms with E-state index in [-0.39, 0.29) is 5.56 Å². The highest BCUT2D eigenvalue weighted by Gasteiger charge is 2.17. The van der Waals surface area contributed by atoms with Gasteiger partial charge in [-0.15, -0.1) is 11.3 Å². The van der Waals surface area contributed by atoms with E-state index in [1.807, 2.05) is 0 Å². The molecule has 0 aliphatic carbocycles. The van der Waals surface area contributed by atoms with Gasteiger partial charge in [0, 0.05) is 0 Å². The van der Waals surface area contributed by atoms with Crippen LogP contribution < -0.4 is 11.3 Å². The number of hydrogen-bond donors (Lipinski definition) is 1. The first kappa shape index (κ1) is 16.8. The molecule has 1 amide bonds. The molecule has 3 aromatic rings. The summed E-state index contributed by atoms with van der Waals surface area (Å²) in [7, 11) is 1.32. The van der Waals surface area contributed by atoms with Crippen molar-refractivity contribution in [2.24, 2.45) is 5.73 Å². The van der Waals surface area contributed by atoms with Crippen LogP contribution in [0.1, 0.15) is 31.2 Å². The summed E-state index contributed by atoms with van der Waals surface area (Å²) < 4.78 is 6.11. The summed E-state index contributed by atoms with van der Waals surface area (Å²) in [5.41, 5.74) is 6.93. The number of aromatic nitrogens is 2. The van der Waals surface area contributed by atoms with Gasteiger partial charge in [-0.1, -0.05) is 12.1 Å². The molecular weight excluding hydrogens is 342 g/mol. The van der Waals surface area contributed by atoms with Gasteiger partial charge < -0.3 is 10.5 Å². The van der Waals surface area contributed by atoms with Crippen LogP contribution >= 0.6 is 11.3 Å². The minimum absolute atomic E-state index is 0.233. The summed E-state index contributed by atoms with van der Waals surface area (Å²) >= 11 is 1.12. The Morgan fingerprint density at radius 2 is 1.96 bits per heavy atom. The number of ether oxygens (including phenoxy) is 1. The molecule has 0 spiro atoms. The highest BCUT2D eigenvalue weighted by molar-refractivity contribution is 7.20. The van der Waals surface area contributed by atoms with Crippen molar-refractivity contribution in [1.29, 1.82) is 0 Å². The van der Waals surface area contributed by atoms with Crippen LogP contribution in [-0.2, 0) is 11.3 Å². The van der Waals surface area contributed by atoms with Crippen LogP contribution in [0.2, 0.25) is 0 Å². The average Bonchev–Trinajstić information content (AvgIpc) is 2.95. The van der Waals surface area contributed by atoms with Crippen molar-refractivity contribution in [3.8, 4) is 0 Å². The molecular formula is C17H15N3O4S. The topological polar surface area (TPSA) is 104 Å². The maximum Gasteiger partial charge on any atom is 0.337 e. The zero-order valence-corrected chi connectivity index (χ0v) is 14.4. The van der Waals surface area contributed by atoms with Gasteiger partial charge >= 0.3 is 5.97 Å². The molecule has 0 radical (unpaired) electrons. The normalized spacial score (nSPS) is 10.8. The molecule has 0 atom stereocenters. The van der Waals surface area contributed by atoms with E-state index in [2.05, 4.69) is 9.72 Å². The first-order valence-corrected chi connectivity index (χ1v) is 8.19. The van der Waals surface area contributed by atoms with E-state index in [4.69, 9.17) is 5.73 Å². The van der Waals surface area contributed by atoms with Gasteiger partial charge in [-0.25, -0.2) is 9.78 Å². The predicted molar refractivity (Wildman–Crippen MR) is 94.0 cm³/mol. The molecule has 7 nitrogen and oxygen atoms in total.